The van der Waals surface area contributed by atoms with Crippen LogP contribution in [0.15, 0.2) is 23.1 Å². The second-order valence-corrected chi connectivity index (χ2v) is 5.48. The zero-order chi connectivity index (χ0) is 10.7. The van der Waals surface area contributed by atoms with Crippen molar-refractivity contribution in [2.45, 2.75) is 42.8 Å². The lowest BCUT2D eigenvalue weighted by Gasteiger charge is -2.10. The minimum absolute atomic E-state index is 0.736. The maximum Gasteiger partial charge on any atom is 0.100 e. The van der Waals surface area contributed by atoms with Crippen LogP contribution in [-0.2, 0) is 0 Å². The van der Waals surface area contributed by atoms with Gasteiger partial charge in [0, 0.05) is 10.1 Å². The minimum Gasteiger partial charge on any atom is -0.192 e. The molecule has 2 heteroatoms. The maximum absolute atomic E-state index is 9.05. The number of aryl methyl sites for hydroxylation is 1. The summed E-state index contributed by atoms with van der Waals surface area (Å²) in [6.07, 6.45) is 5.32. The van der Waals surface area contributed by atoms with Crippen molar-refractivity contribution in [3.63, 3.8) is 0 Å². The third-order valence-electron chi connectivity index (χ3n) is 2.85. The smallest absolute Gasteiger partial charge is 0.100 e. The summed E-state index contributed by atoms with van der Waals surface area (Å²) in [6.45, 7) is 2.03. The van der Waals surface area contributed by atoms with E-state index in [9.17, 15) is 0 Å². The SMILES string of the molecule is Cc1ccc(SC2CCCC2)c(C#N)c1. The summed E-state index contributed by atoms with van der Waals surface area (Å²) < 4.78 is 0. The number of nitriles is 1. The summed E-state index contributed by atoms with van der Waals surface area (Å²) in [6, 6.07) is 8.46. The van der Waals surface area contributed by atoms with Crippen molar-refractivity contribution in [1.82, 2.24) is 0 Å². The summed E-state index contributed by atoms with van der Waals surface area (Å²) in [5.41, 5.74) is 2.01. The van der Waals surface area contributed by atoms with E-state index in [1.54, 1.807) is 0 Å². The van der Waals surface area contributed by atoms with Crippen LogP contribution in [0.5, 0.6) is 0 Å². The Balaban J connectivity index is 2.16. The number of hydrogen-bond acceptors (Lipinski definition) is 2. The zero-order valence-corrected chi connectivity index (χ0v) is 9.81. The van der Waals surface area contributed by atoms with Crippen LogP contribution in [0.2, 0.25) is 0 Å². The molecule has 78 valence electrons. The van der Waals surface area contributed by atoms with E-state index in [4.69, 9.17) is 5.26 Å². The van der Waals surface area contributed by atoms with Gasteiger partial charge in [-0.25, -0.2) is 0 Å². The third kappa shape index (κ3) is 2.54. The van der Waals surface area contributed by atoms with Crippen LogP contribution in [0.25, 0.3) is 0 Å². The van der Waals surface area contributed by atoms with Crippen LogP contribution in [0.1, 0.15) is 36.8 Å². The van der Waals surface area contributed by atoms with E-state index in [0.717, 1.165) is 15.7 Å². The molecule has 2 rings (SSSR count). The molecule has 0 amide bonds. The second-order valence-electron chi connectivity index (χ2n) is 4.14. The van der Waals surface area contributed by atoms with Gasteiger partial charge in [0.15, 0.2) is 0 Å². The molecule has 0 atom stereocenters. The van der Waals surface area contributed by atoms with Crippen molar-refractivity contribution in [3.8, 4) is 6.07 Å². The second kappa shape index (κ2) is 4.72. The van der Waals surface area contributed by atoms with Gasteiger partial charge in [-0.05, 0) is 37.5 Å². The third-order valence-corrected chi connectivity index (χ3v) is 4.27. The van der Waals surface area contributed by atoms with E-state index < -0.39 is 0 Å². The minimum atomic E-state index is 0.736. The predicted molar refractivity (Wildman–Crippen MR) is 64.0 cm³/mol. The molecule has 1 fully saturated rings. The van der Waals surface area contributed by atoms with Gasteiger partial charge in [-0.15, -0.1) is 11.8 Å². The Morgan fingerprint density at radius 2 is 2.07 bits per heavy atom. The number of rotatable bonds is 2. The molecule has 0 N–H and O–H groups in total. The fourth-order valence-corrected chi connectivity index (χ4v) is 3.33. The summed E-state index contributed by atoms with van der Waals surface area (Å²) in [7, 11) is 0. The lowest BCUT2D eigenvalue weighted by Crippen LogP contribution is -1.95. The molecule has 1 aliphatic rings. The van der Waals surface area contributed by atoms with Gasteiger partial charge in [0.1, 0.15) is 6.07 Å². The molecule has 0 saturated heterocycles. The molecular formula is C13H15NS. The van der Waals surface area contributed by atoms with Crippen LogP contribution >= 0.6 is 11.8 Å². The van der Waals surface area contributed by atoms with Gasteiger partial charge in [0.05, 0.1) is 5.56 Å². The highest BCUT2D eigenvalue weighted by molar-refractivity contribution is 8.00. The van der Waals surface area contributed by atoms with Gasteiger partial charge in [-0.1, -0.05) is 18.9 Å². The highest BCUT2D eigenvalue weighted by atomic mass is 32.2. The van der Waals surface area contributed by atoms with E-state index in [1.165, 1.54) is 31.2 Å². The molecule has 1 nitrogen and oxygen atoms in total. The molecule has 1 saturated carbocycles. The van der Waals surface area contributed by atoms with Crippen molar-refractivity contribution in [3.05, 3.63) is 29.3 Å². The molecule has 0 unspecified atom stereocenters. The summed E-state index contributed by atoms with van der Waals surface area (Å²) >= 11 is 1.89. The largest absolute Gasteiger partial charge is 0.192 e. The van der Waals surface area contributed by atoms with Crippen LogP contribution in [0.4, 0.5) is 0 Å². The Labute approximate surface area is 95.5 Å². The first-order chi connectivity index (χ1) is 7.29. The quantitative estimate of drug-likeness (QED) is 0.750. The highest BCUT2D eigenvalue weighted by Crippen LogP contribution is 2.36. The van der Waals surface area contributed by atoms with Gasteiger partial charge in [-0.2, -0.15) is 5.26 Å². The van der Waals surface area contributed by atoms with E-state index in [0.29, 0.717) is 0 Å². The molecule has 0 heterocycles. The van der Waals surface area contributed by atoms with Gasteiger partial charge in [0.2, 0.25) is 0 Å². The van der Waals surface area contributed by atoms with Crippen molar-refractivity contribution < 1.29 is 0 Å². The summed E-state index contributed by atoms with van der Waals surface area (Å²) in [4.78, 5) is 1.16. The first-order valence-electron chi connectivity index (χ1n) is 5.47. The number of thioether (sulfide) groups is 1. The molecule has 1 aromatic rings. The lowest BCUT2D eigenvalue weighted by atomic mass is 10.2. The first-order valence-corrected chi connectivity index (χ1v) is 6.35. The maximum atomic E-state index is 9.05. The molecular weight excluding hydrogens is 202 g/mol. The van der Waals surface area contributed by atoms with E-state index in [2.05, 4.69) is 18.2 Å². The highest BCUT2D eigenvalue weighted by Gasteiger charge is 2.17. The average molecular weight is 217 g/mol. The Hall–Kier alpha value is -0.940. The van der Waals surface area contributed by atoms with Crippen LogP contribution < -0.4 is 0 Å². The normalized spacial score (nSPS) is 16.5. The molecule has 15 heavy (non-hydrogen) atoms. The van der Waals surface area contributed by atoms with Crippen molar-refractivity contribution >= 4 is 11.8 Å². The van der Waals surface area contributed by atoms with Crippen LogP contribution in [0, 0.1) is 18.3 Å². The average Bonchev–Trinajstić information content (AvgIpc) is 2.73. The molecule has 1 aliphatic carbocycles. The lowest BCUT2D eigenvalue weighted by molar-refractivity contribution is 0.886. The van der Waals surface area contributed by atoms with Gasteiger partial charge in [0.25, 0.3) is 0 Å². The Morgan fingerprint density at radius 1 is 1.33 bits per heavy atom. The molecule has 0 aliphatic heterocycles. The fourth-order valence-electron chi connectivity index (χ4n) is 2.02. The standard InChI is InChI=1S/C13H15NS/c1-10-6-7-13(11(8-10)9-14)15-12-4-2-3-5-12/h6-8,12H,2-5H2,1H3. The van der Waals surface area contributed by atoms with Crippen LogP contribution in [-0.4, -0.2) is 5.25 Å². The molecule has 1 aromatic carbocycles. The number of benzene rings is 1. The van der Waals surface area contributed by atoms with Crippen molar-refractivity contribution in [2.75, 3.05) is 0 Å². The fraction of sp³-hybridized carbons (Fsp3) is 0.462. The van der Waals surface area contributed by atoms with E-state index >= 15 is 0 Å². The van der Waals surface area contributed by atoms with Crippen molar-refractivity contribution in [1.29, 1.82) is 5.26 Å². The number of nitrogens with zero attached hydrogens (tertiary/aromatic N) is 1. The Kier molecular flexibility index (Phi) is 3.33. The number of hydrogen-bond donors (Lipinski definition) is 0. The molecule has 0 radical (unpaired) electrons. The monoisotopic (exact) mass is 217 g/mol. The van der Waals surface area contributed by atoms with Crippen LogP contribution in [0.3, 0.4) is 0 Å². The van der Waals surface area contributed by atoms with Crippen molar-refractivity contribution in [2.24, 2.45) is 0 Å². The summed E-state index contributed by atoms with van der Waals surface area (Å²) in [5, 5.41) is 9.79. The summed E-state index contributed by atoms with van der Waals surface area (Å²) in [5.74, 6) is 0. The Morgan fingerprint density at radius 3 is 2.73 bits per heavy atom. The predicted octanol–water partition coefficient (Wildman–Crippen LogP) is 3.90. The first kappa shape index (κ1) is 10.6. The van der Waals surface area contributed by atoms with Gasteiger partial charge >= 0.3 is 0 Å². The van der Waals surface area contributed by atoms with Gasteiger partial charge < -0.3 is 0 Å². The molecule has 0 bridgehead atoms. The van der Waals surface area contributed by atoms with E-state index in [1.807, 2.05) is 24.8 Å². The molecule has 0 aromatic heterocycles. The van der Waals surface area contributed by atoms with E-state index in [-0.39, 0.29) is 0 Å². The van der Waals surface area contributed by atoms with Gasteiger partial charge in [-0.3, -0.25) is 0 Å². The zero-order valence-electron chi connectivity index (χ0n) is 8.99. The Bertz CT molecular complexity index is 386. The topological polar surface area (TPSA) is 23.8 Å². The molecule has 0 spiro atoms.